The van der Waals surface area contributed by atoms with Crippen LogP contribution in [-0.4, -0.2) is 16.5 Å². The highest BCUT2D eigenvalue weighted by Gasteiger charge is 2.31. The Morgan fingerprint density at radius 3 is 2.65 bits per heavy atom. The maximum absolute atomic E-state index is 12.6. The zero-order valence-electron chi connectivity index (χ0n) is 10.5. The number of thiazole rings is 1. The molecule has 0 saturated heterocycles. The molecule has 1 N–H and O–H groups in total. The molecule has 0 aromatic carbocycles. The summed E-state index contributed by atoms with van der Waals surface area (Å²) >= 11 is 7.11. The molecule has 0 aliphatic heterocycles. The molecular weight excluding hydrogens is 311 g/mol. The average Bonchev–Trinajstić information content (AvgIpc) is 2.73. The second kappa shape index (κ2) is 5.97. The Balaban J connectivity index is 2.00. The van der Waals surface area contributed by atoms with Gasteiger partial charge in [0.05, 0.1) is 10.6 Å². The van der Waals surface area contributed by atoms with Gasteiger partial charge in [-0.25, -0.2) is 9.97 Å². The van der Waals surface area contributed by atoms with Gasteiger partial charge >= 0.3 is 6.18 Å². The lowest BCUT2D eigenvalue weighted by Crippen LogP contribution is -2.10. The van der Waals surface area contributed by atoms with Gasteiger partial charge in [-0.15, -0.1) is 11.3 Å². The van der Waals surface area contributed by atoms with Gasteiger partial charge in [0.25, 0.3) is 0 Å². The van der Waals surface area contributed by atoms with Gasteiger partial charge < -0.3 is 5.32 Å². The Hall–Kier alpha value is -1.34. The summed E-state index contributed by atoms with van der Waals surface area (Å²) in [6.07, 6.45) is -3.82. The summed E-state index contributed by atoms with van der Waals surface area (Å²) in [4.78, 5) is 8.09. The van der Waals surface area contributed by atoms with Crippen molar-refractivity contribution in [2.24, 2.45) is 0 Å². The van der Waals surface area contributed by atoms with Crippen LogP contribution in [0.15, 0.2) is 17.5 Å². The van der Waals surface area contributed by atoms with Crippen LogP contribution in [0.5, 0.6) is 0 Å². The normalized spacial score (nSPS) is 11.7. The molecule has 0 fully saturated rings. The highest BCUT2D eigenvalue weighted by molar-refractivity contribution is 7.09. The van der Waals surface area contributed by atoms with Crippen molar-refractivity contribution in [3.63, 3.8) is 0 Å². The van der Waals surface area contributed by atoms with E-state index in [0.717, 1.165) is 22.8 Å². The Labute approximate surface area is 122 Å². The predicted octanol–water partition coefficient (Wildman–Crippen LogP) is 4.17. The molecular formula is C12H11ClF3N3S. The van der Waals surface area contributed by atoms with Gasteiger partial charge in [0, 0.05) is 24.0 Å². The fourth-order valence-electron chi connectivity index (χ4n) is 1.57. The molecule has 2 aromatic rings. The third-order valence-electron chi connectivity index (χ3n) is 2.43. The van der Waals surface area contributed by atoms with E-state index in [9.17, 15) is 13.2 Å². The van der Waals surface area contributed by atoms with Gasteiger partial charge in [-0.2, -0.15) is 13.2 Å². The predicted molar refractivity (Wildman–Crippen MR) is 73.3 cm³/mol. The minimum absolute atomic E-state index is 0.109. The van der Waals surface area contributed by atoms with Crippen LogP contribution in [0.3, 0.4) is 0 Å². The van der Waals surface area contributed by atoms with Gasteiger partial charge in [-0.05, 0) is 19.1 Å². The van der Waals surface area contributed by atoms with Crippen LogP contribution in [0.4, 0.5) is 19.0 Å². The summed E-state index contributed by atoms with van der Waals surface area (Å²) in [5, 5.41) is 5.49. The quantitative estimate of drug-likeness (QED) is 0.859. The summed E-state index contributed by atoms with van der Waals surface area (Å²) in [7, 11) is 0. The minimum atomic E-state index is -4.44. The van der Waals surface area contributed by atoms with Gasteiger partial charge in [-0.1, -0.05) is 11.6 Å². The van der Waals surface area contributed by atoms with Crippen LogP contribution in [0.2, 0.25) is 5.15 Å². The van der Waals surface area contributed by atoms with E-state index < -0.39 is 11.7 Å². The van der Waals surface area contributed by atoms with E-state index in [1.54, 1.807) is 0 Å². The molecule has 0 amide bonds. The van der Waals surface area contributed by atoms with Crippen molar-refractivity contribution in [2.45, 2.75) is 19.5 Å². The van der Waals surface area contributed by atoms with Crippen molar-refractivity contribution in [2.75, 3.05) is 11.9 Å². The first-order valence-electron chi connectivity index (χ1n) is 5.74. The summed E-state index contributed by atoms with van der Waals surface area (Å²) < 4.78 is 37.8. The Morgan fingerprint density at radius 1 is 1.30 bits per heavy atom. The van der Waals surface area contributed by atoms with Crippen molar-refractivity contribution >= 4 is 28.8 Å². The average molecular weight is 322 g/mol. The molecule has 0 saturated carbocycles. The van der Waals surface area contributed by atoms with Crippen LogP contribution in [-0.2, 0) is 12.6 Å². The van der Waals surface area contributed by atoms with Gasteiger partial charge in [0.2, 0.25) is 0 Å². The van der Waals surface area contributed by atoms with Crippen molar-refractivity contribution < 1.29 is 13.2 Å². The smallest absolute Gasteiger partial charge is 0.370 e. The van der Waals surface area contributed by atoms with Crippen LogP contribution in [0.25, 0.3) is 0 Å². The molecule has 0 bridgehead atoms. The number of halogens is 4. The van der Waals surface area contributed by atoms with Gasteiger partial charge in [-0.3, -0.25) is 0 Å². The summed E-state index contributed by atoms with van der Waals surface area (Å²) in [6.45, 7) is 2.33. The van der Waals surface area contributed by atoms with Crippen LogP contribution in [0, 0.1) is 6.92 Å². The number of aromatic nitrogens is 2. The standard InChI is InChI=1S/C12H11ClF3N3S/c1-7-6-20-11(18-7)2-3-17-10-5-8(12(14,15)16)4-9(13)19-10/h4-6H,2-3H2,1H3,(H,17,19). The number of pyridine rings is 1. The SMILES string of the molecule is Cc1csc(CCNc2cc(C(F)(F)F)cc(Cl)n2)n1. The zero-order valence-corrected chi connectivity index (χ0v) is 12.0. The van der Waals surface area contributed by atoms with E-state index in [1.165, 1.54) is 11.3 Å². The van der Waals surface area contributed by atoms with E-state index in [4.69, 9.17) is 11.6 Å². The second-order valence-electron chi connectivity index (χ2n) is 4.12. The van der Waals surface area contributed by atoms with E-state index >= 15 is 0 Å². The fraction of sp³-hybridized carbons (Fsp3) is 0.333. The largest absolute Gasteiger partial charge is 0.416 e. The first-order valence-corrected chi connectivity index (χ1v) is 7.00. The Kier molecular flexibility index (Phi) is 4.49. The van der Waals surface area contributed by atoms with Crippen molar-refractivity contribution in [3.8, 4) is 0 Å². The number of nitrogens with one attached hydrogen (secondary N) is 1. The van der Waals surface area contributed by atoms with E-state index in [1.807, 2.05) is 12.3 Å². The molecule has 20 heavy (non-hydrogen) atoms. The number of hydrogen-bond acceptors (Lipinski definition) is 4. The summed E-state index contributed by atoms with van der Waals surface area (Å²) in [5.74, 6) is 0.109. The number of anilines is 1. The zero-order chi connectivity index (χ0) is 14.8. The molecule has 8 heteroatoms. The van der Waals surface area contributed by atoms with Crippen molar-refractivity contribution in [1.82, 2.24) is 9.97 Å². The number of alkyl halides is 3. The molecule has 0 aliphatic rings. The Bertz CT molecular complexity index is 598. The van der Waals surface area contributed by atoms with Crippen molar-refractivity contribution in [3.05, 3.63) is 38.9 Å². The maximum Gasteiger partial charge on any atom is 0.416 e. The molecule has 0 aliphatic carbocycles. The van der Waals surface area contributed by atoms with Gasteiger partial charge in [0.1, 0.15) is 11.0 Å². The van der Waals surface area contributed by atoms with E-state index in [2.05, 4.69) is 15.3 Å². The van der Waals surface area contributed by atoms with Crippen LogP contribution < -0.4 is 5.32 Å². The molecule has 3 nitrogen and oxygen atoms in total. The van der Waals surface area contributed by atoms with Crippen molar-refractivity contribution in [1.29, 1.82) is 0 Å². The second-order valence-corrected chi connectivity index (χ2v) is 5.45. The number of rotatable bonds is 4. The summed E-state index contributed by atoms with van der Waals surface area (Å²) in [5.41, 5.74) is 0.121. The summed E-state index contributed by atoms with van der Waals surface area (Å²) in [6, 6.07) is 1.75. The molecule has 0 radical (unpaired) electrons. The fourth-order valence-corrected chi connectivity index (χ4v) is 2.55. The molecule has 2 aromatic heterocycles. The molecule has 2 rings (SSSR count). The van der Waals surface area contributed by atoms with Crippen LogP contribution >= 0.6 is 22.9 Å². The molecule has 0 spiro atoms. The number of nitrogens with zero attached hydrogens (tertiary/aromatic N) is 2. The lowest BCUT2D eigenvalue weighted by atomic mass is 10.2. The molecule has 2 heterocycles. The van der Waals surface area contributed by atoms with E-state index in [0.29, 0.717) is 13.0 Å². The lowest BCUT2D eigenvalue weighted by molar-refractivity contribution is -0.137. The first kappa shape index (κ1) is 15.1. The highest BCUT2D eigenvalue weighted by Crippen LogP contribution is 2.31. The number of hydrogen-bond donors (Lipinski definition) is 1. The van der Waals surface area contributed by atoms with Crippen LogP contribution in [0.1, 0.15) is 16.3 Å². The lowest BCUT2D eigenvalue weighted by Gasteiger charge is -2.10. The minimum Gasteiger partial charge on any atom is -0.370 e. The number of aryl methyl sites for hydroxylation is 1. The third-order valence-corrected chi connectivity index (χ3v) is 3.65. The van der Waals surface area contributed by atoms with E-state index in [-0.39, 0.29) is 11.0 Å². The third kappa shape index (κ3) is 4.08. The molecule has 0 atom stereocenters. The molecule has 0 unspecified atom stereocenters. The monoisotopic (exact) mass is 321 g/mol. The Morgan fingerprint density at radius 2 is 2.05 bits per heavy atom. The first-order chi connectivity index (χ1) is 9.34. The highest BCUT2D eigenvalue weighted by atomic mass is 35.5. The maximum atomic E-state index is 12.6. The molecule has 108 valence electrons. The topological polar surface area (TPSA) is 37.8 Å². The van der Waals surface area contributed by atoms with Gasteiger partial charge in [0.15, 0.2) is 0 Å².